The van der Waals surface area contributed by atoms with E-state index in [1.165, 1.54) is 4.31 Å². The van der Waals surface area contributed by atoms with Gasteiger partial charge in [0.15, 0.2) is 0 Å². The van der Waals surface area contributed by atoms with Crippen LogP contribution in [0, 0.1) is 27.7 Å². The summed E-state index contributed by atoms with van der Waals surface area (Å²) in [5, 5.41) is 2.92. The third-order valence-corrected chi connectivity index (χ3v) is 5.76. The second-order valence-electron chi connectivity index (χ2n) is 7.16. The smallest absolute Gasteiger partial charge is 0.241 e. The Morgan fingerprint density at radius 3 is 2.15 bits per heavy atom. The van der Waals surface area contributed by atoms with Crippen molar-refractivity contribution in [3.05, 3.63) is 64.2 Å². The molecule has 1 N–H and O–H groups in total. The molecule has 0 radical (unpaired) electrons. The van der Waals surface area contributed by atoms with Crippen molar-refractivity contribution in [2.45, 2.75) is 40.7 Å². The molecule has 6 heteroatoms. The van der Waals surface area contributed by atoms with Crippen LogP contribution in [0.15, 0.2) is 36.4 Å². The minimum absolute atomic E-state index is 0.211. The van der Waals surface area contributed by atoms with Crippen molar-refractivity contribution < 1.29 is 13.2 Å². The summed E-state index contributed by atoms with van der Waals surface area (Å²) in [6.07, 6.45) is 1.12. The molecule has 0 heterocycles. The molecule has 27 heavy (non-hydrogen) atoms. The lowest BCUT2D eigenvalue weighted by Gasteiger charge is -2.26. The van der Waals surface area contributed by atoms with E-state index >= 15 is 0 Å². The molecule has 1 atom stereocenters. The van der Waals surface area contributed by atoms with E-state index in [-0.39, 0.29) is 18.5 Å². The van der Waals surface area contributed by atoms with Crippen LogP contribution in [0.4, 0.5) is 5.69 Å². The van der Waals surface area contributed by atoms with Crippen LogP contribution in [-0.2, 0) is 14.8 Å². The van der Waals surface area contributed by atoms with Crippen molar-refractivity contribution >= 4 is 21.6 Å². The van der Waals surface area contributed by atoms with Crippen LogP contribution >= 0.6 is 0 Å². The lowest BCUT2D eigenvalue weighted by molar-refractivity contribution is -0.120. The minimum atomic E-state index is -3.60. The number of carbonyl (C=O) groups excluding carboxylic acids is 1. The number of benzene rings is 2. The Balaban J connectivity index is 2.24. The molecule has 146 valence electrons. The highest BCUT2D eigenvalue weighted by atomic mass is 32.2. The number of anilines is 1. The summed E-state index contributed by atoms with van der Waals surface area (Å²) in [5.74, 6) is -0.337. The topological polar surface area (TPSA) is 66.5 Å². The first-order valence-corrected chi connectivity index (χ1v) is 10.8. The molecule has 0 unspecified atom stereocenters. The molecule has 2 aromatic carbocycles. The van der Waals surface area contributed by atoms with Gasteiger partial charge in [-0.15, -0.1) is 0 Å². The fraction of sp³-hybridized carbons (Fsp3) is 0.381. The summed E-state index contributed by atoms with van der Waals surface area (Å²) in [5.41, 5.74) is 5.47. The van der Waals surface area contributed by atoms with Gasteiger partial charge < -0.3 is 5.32 Å². The van der Waals surface area contributed by atoms with E-state index in [9.17, 15) is 13.2 Å². The van der Waals surface area contributed by atoms with Gasteiger partial charge in [-0.2, -0.15) is 0 Å². The van der Waals surface area contributed by atoms with E-state index in [1.807, 2.05) is 65.0 Å². The molecule has 0 bridgehead atoms. The Morgan fingerprint density at radius 2 is 1.63 bits per heavy atom. The van der Waals surface area contributed by atoms with E-state index < -0.39 is 10.0 Å². The first-order valence-electron chi connectivity index (χ1n) is 8.91. The van der Waals surface area contributed by atoms with E-state index in [4.69, 9.17) is 0 Å². The lowest BCUT2D eigenvalue weighted by atomic mass is 10.0. The number of para-hydroxylation sites is 1. The fourth-order valence-electron chi connectivity index (χ4n) is 3.37. The van der Waals surface area contributed by atoms with Gasteiger partial charge in [0.2, 0.25) is 15.9 Å². The van der Waals surface area contributed by atoms with E-state index in [2.05, 4.69) is 11.4 Å². The molecule has 2 aromatic rings. The van der Waals surface area contributed by atoms with Crippen molar-refractivity contribution in [1.29, 1.82) is 0 Å². The third-order valence-electron chi connectivity index (χ3n) is 4.65. The number of carbonyl (C=O) groups is 1. The number of hydrogen-bond acceptors (Lipinski definition) is 3. The van der Waals surface area contributed by atoms with Crippen molar-refractivity contribution in [2.24, 2.45) is 0 Å². The van der Waals surface area contributed by atoms with E-state index in [0.29, 0.717) is 5.69 Å². The van der Waals surface area contributed by atoms with Crippen LogP contribution in [0.5, 0.6) is 0 Å². The van der Waals surface area contributed by atoms with Crippen LogP contribution in [0.3, 0.4) is 0 Å². The lowest BCUT2D eigenvalue weighted by Crippen LogP contribution is -2.41. The first kappa shape index (κ1) is 21.0. The van der Waals surface area contributed by atoms with Gasteiger partial charge in [-0.3, -0.25) is 9.10 Å². The molecule has 0 saturated carbocycles. The number of hydrogen-bond donors (Lipinski definition) is 1. The molecular formula is C21H28N2O3S. The summed E-state index contributed by atoms with van der Waals surface area (Å²) in [7, 11) is -3.60. The molecule has 2 rings (SSSR count). The molecule has 0 aliphatic heterocycles. The van der Waals surface area contributed by atoms with Crippen LogP contribution in [0.2, 0.25) is 0 Å². The van der Waals surface area contributed by atoms with Crippen molar-refractivity contribution in [2.75, 3.05) is 17.1 Å². The summed E-state index contributed by atoms with van der Waals surface area (Å²) < 4.78 is 25.9. The maximum absolute atomic E-state index is 12.6. The molecule has 0 fully saturated rings. The third kappa shape index (κ3) is 5.10. The molecular weight excluding hydrogens is 360 g/mol. The molecule has 5 nitrogen and oxygen atoms in total. The zero-order valence-electron chi connectivity index (χ0n) is 16.8. The highest BCUT2D eigenvalue weighted by molar-refractivity contribution is 7.92. The SMILES string of the molecule is Cc1ccc([C@@H](C)NC(=O)CN(c2c(C)cccc2C)S(C)(=O)=O)c(C)c1. The largest absolute Gasteiger partial charge is 0.348 e. The monoisotopic (exact) mass is 388 g/mol. The second-order valence-corrected chi connectivity index (χ2v) is 9.07. The van der Waals surface area contributed by atoms with Crippen LogP contribution < -0.4 is 9.62 Å². The maximum Gasteiger partial charge on any atom is 0.241 e. The van der Waals surface area contributed by atoms with Crippen LogP contribution in [0.25, 0.3) is 0 Å². The zero-order chi connectivity index (χ0) is 20.4. The van der Waals surface area contributed by atoms with Crippen LogP contribution in [0.1, 0.15) is 40.8 Å². The van der Waals surface area contributed by atoms with Gasteiger partial charge in [-0.05, 0) is 56.9 Å². The molecule has 0 saturated heterocycles. The number of nitrogens with one attached hydrogen (secondary N) is 1. The molecule has 0 aliphatic rings. The summed E-state index contributed by atoms with van der Waals surface area (Å²) in [4.78, 5) is 12.6. The Labute approximate surface area is 162 Å². The number of amides is 1. The van der Waals surface area contributed by atoms with Gasteiger partial charge in [0.1, 0.15) is 6.54 Å². The molecule has 1 amide bonds. The highest BCUT2D eigenvalue weighted by Crippen LogP contribution is 2.26. The first-order chi connectivity index (χ1) is 12.5. The Hall–Kier alpha value is -2.34. The number of rotatable bonds is 6. The minimum Gasteiger partial charge on any atom is -0.348 e. The zero-order valence-corrected chi connectivity index (χ0v) is 17.6. The van der Waals surface area contributed by atoms with E-state index in [0.717, 1.165) is 34.1 Å². The number of aryl methyl sites for hydroxylation is 4. The second kappa shape index (κ2) is 8.13. The maximum atomic E-state index is 12.6. The summed E-state index contributed by atoms with van der Waals surface area (Å²) in [6, 6.07) is 11.4. The Bertz CT molecular complexity index is 932. The predicted molar refractivity (Wildman–Crippen MR) is 111 cm³/mol. The average molecular weight is 389 g/mol. The van der Waals surface area contributed by atoms with Gasteiger partial charge in [-0.1, -0.05) is 42.0 Å². The Kier molecular flexibility index (Phi) is 6.31. The number of sulfonamides is 1. The van der Waals surface area contributed by atoms with Gasteiger partial charge in [0, 0.05) is 0 Å². The highest BCUT2D eigenvalue weighted by Gasteiger charge is 2.24. The summed E-state index contributed by atoms with van der Waals surface area (Å²) in [6.45, 7) is 9.37. The van der Waals surface area contributed by atoms with Crippen molar-refractivity contribution in [3.8, 4) is 0 Å². The average Bonchev–Trinajstić information content (AvgIpc) is 2.52. The Morgan fingerprint density at radius 1 is 1.04 bits per heavy atom. The summed E-state index contributed by atoms with van der Waals surface area (Å²) >= 11 is 0. The van der Waals surface area contributed by atoms with Gasteiger partial charge in [0.25, 0.3) is 0 Å². The number of nitrogens with zero attached hydrogens (tertiary/aromatic N) is 1. The van der Waals surface area contributed by atoms with Gasteiger partial charge in [-0.25, -0.2) is 8.42 Å². The van der Waals surface area contributed by atoms with E-state index in [1.54, 1.807) is 0 Å². The molecule has 0 aliphatic carbocycles. The fourth-order valence-corrected chi connectivity index (χ4v) is 4.34. The molecule has 0 spiro atoms. The predicted octanol–water partition coefficient (Wildman–Crippen LogP) is 3.56. The standard InChI is InChI=1S/C21H28N2O3S/c1-14-10-11-19(17(4)12-14)18(5)22-20(24)13-23(27(6,25)26)21-15(2)8-7-9-16(21)3/h7-12,18H,13H2,1-6H3,(H,22,24)/t18-/m1/s1. The van der Waals surface area contributed by atoms with Crippen LogP contribution in [-0.4, -0.2) is 27.1 Å². The van der Waals surface area contributed by atoms with Crippen molar-refractivity contribution in [3.63, 3.8) is 0 Å². The van der Waals surface area contributed by atoms with Crippen molar-refractivity contribution in [1.82, 2.24) is 5.32 Å². The molecule has 0 aromatic heterocycles. The quantitative estimate of drug-likeness (QED) is 0.823. The van der Waals surface area contributed by atoms with Gasteiger partial charge >= 0.3 is 0 Å². The van der Waals surface area contributed by atoms with Gasteiger partial charge in [0.05, 0.1) is 18.0 Å². The normalized spacial score (nSPS) is 12.5.